The molecule has 0 aliphatic rings. The number of nitrogens with zero attached hydrogens (tertiary/aromatic N) is 1. The first-order valence-electron chi connectivity index (χ1n) is 6.71. The highest BCUT2D eigenvalue weighted by Crippen LogP contribution is 2.21. The normalized spacial score (nSPS) is 12.3. The fourth-order valence-corrected chi connectivity index (χ4v) is 1.93. The van der Waals surface area contributed by atoms with Gasteiger partial charge >= 0.3 is 0 Å². The Labute approximate surface area is 118 Å². The molecule has 0 bridgehead atoms. The number of rotatable bonds is 6. The van der Waals surface area contributed by atoms with Crippen LogP contribution in [0.25, 0.3) is 11.1 Å². The molecule has 1 atom stereocenters. The molecular formula is C16H19FN2O. The highest BCUT2D eigenvalue weighted by Gasteiger charge is 2.06. The lowest BCUT2D eigenvalue weighted by molar-refractivity contribution is 0.233. The van der Waals surface area contributed by atoms with Gasteiger partial charge < -0.3 is 10.4 Å². The molecule has 1 heterocycles. The van der Waals surface area contributed by atoms with E-state index in [4.69, 9.17) is 5.11 Å². The minimum atomic E-state index is -0.219. The van der Waals surface area contributed by atoms with Crippen molar-refractivity contribution in [2.24, 2.45) is 5.92 Å². The molecule has 1 unspecified atom stereocenters. The summed E-state index contributed by atoms with van der Waals surface area (Å²) < 4.78 is 14.0. The van der Waals surface area contributed by atoms with Crippen LogP contribution in [0.15, 0.2) is 42.7 Å². The van der Waals surface area contributed by atoms with E-state index in [9.17, 15) is 4.39 Å². The molecule has 3 nitrogen and oxygen atoms in total. The zero-order chi connectivity index (χ0) is 14.4. The molecule has 0 spiro atoms. The summed E-state index contributed by atoms with van der Waals surface area (Å²) in [5.41, 5.74) is 2.43. The number of aromatic nitrogens is 1. The van der Waals surface area contributed by atoms with Gasteiger partial charge in [0.05, 0.1) is 0 Å². The second-order valence-electron chi connectivity index (χ2n) is 4.96. The van der Waals surface area contributed by atoms with Crippen LogP contribution >= 0.6 is 0 Å². The summed E-state index contributed by atoms with van der Waals surface area (Å²) in [6.45, 7) is 3.21. The van der Waals surface area contributed by atoms with Crippen molar-refractivity contribution in [3.63, 3.8) is 0 Å². The van der Waals surface area contributed by atoms with Crippen LogP contribution in [0.4, 0.5) is 4.39 Å². The third-order valence-corrected chi connectivity index (χ3v) is 3.19. The molecule has 0 amide bonds. The van der Waals surface area contributed by atoms with Gasteiger partial charge in [-0.15, -0.1) is 0 Å². The molecule has 0 radical (unpaired) electrons. The van der Waals surface area contributed by atoms with Crippen LogP contribution in [-0.2, 0) is 6.54 Å². The van der Waals surface area contributed by atoms with Gasteiger partial charge in [-0.1, -0.05) is 19.1 Å². The summed E-state index contributed by atoms with van der Waals surface area (Å²) >= 11 is 0. The summed E-state index contributed by atoms with van der Waals surface area (Å²) in [6, 6.07) is 8.96. The Morgan fingerprint density at radius 3 is 2.60 bits per heavy atom. The van der Waals surface area contributed by atoms with E-state index in [0.717, 1.165) is 11.1 Å². The third kappa shape index (κ3) is 3.85. The van der Waals surface area contributed by atoms with Crippen molar-refractivity contribution in [2.45, 2.75) is 13.5 Å². The van der Waals surface area contributed by atoms with Crippen LogP contribution in [-0.4, -0.2) is 23.2 Å². The predicted octanol–water partition coefficient (Wildman–Crippen LogP) is 2.61. The van der Waals surface area contributed by atoms with E-state index >= 15 is 0 Å². The fourth-order valence-electron chi connectivity index (χ4n) is 1.93. The number of pyridine rings is 1. The molecular weight excluding hydrogens is 255 g/mol. The number of aliphatic hydroxyl groups is 1. The molecule has 2 N–H and O–H groups in total. The minimum Gasteiger partial charge on any atom is -0.396 e. The average Bonchev–Trinajstić information content (AvgIpc) is 2.49. The number of hydrogen-bond acceptors (Lipinski definition) is 3. The molecule has 0 aliphatic heterocycles. The van der Waals surface area contributed by atoms with Crippen LogP contribution < -0.4 is 5.32 Å². The second-order valence-corrected chi connectivity index (χ2v) is 4.96. The summed E-state index contributed by atoms with van der Waals surface area (Å²) in [6.07, 6.45) is 3.39. The molecule has 1 aromatic heterocycles. The molecule has 0 fully saturated rings. The van der Waals surface area contributed by atoms with E-state index in [1.165, 1.54) is 0 Å². The number of aliphatic hydroxyl groups excluding tert-OH is 1. The highest BCUT2D eigenvalue weighted by atomic mass is 19.1. The monoisotopic (exact) mass is 274 g/mol. The highest BCUT2D eigenvalue weighted by molar-refractivity contribution is 5.63. The topological polar surface area (TPSA) is 45.1 Å². The Morgan fingerprint density at radius 1 is 1.20 bits per heavy atom. The van der Waals surface area contributed by atoms with Crippen molar-refractivity contribution < 1.29 is 9.50 Å². The lowest BCUT2D eigenvalue weighted by atomic mass is 10.0. The lowest BCUT2D eigenvalue weighted by Crippen LogP contribution is -2.23. The van der Waals surface area contributed by atoms with Crippen molar-refractivity contribution in [3.05, 3.63) is 54.1 Å². The third-order valence-electron chi connectivity index (χ3n) is 3.19. The first-order valence-corrected chi connectivity index (χ1v) is 6.71. The Bertz CT molecular complexity index is 545. The molecule has 4 heteroatoms. The van der Waals surface area contributed by atoms with Gasteiger partial charge in [-0.05, 0) is 35.2 Å². The van der Waals surface area contributed by atoms with E-state index in [1.54, 1.807) is 24.5 Å². The molecule has 2 aromatic rings. The first-order chi connectivity index (χ1) is 9.70. The van der Waals surface area contributed by atoms with Crippen molar-refractivity contribution in [1.29, 1.82) is 0 Å². The summed E-state index contributed by atoms with van der Waals surface area (Å²) in [5, 5.41) is 12.1. The summed E-state index contributed by atoms with van der Waals surface area (Å²) in [4.78, 5) is 3.95. The van der Waals surface area contributed by atoms with Gasteiger partial charge in [-0.25, -0.2) is 4.39 Å². The van der Waals surface area contributed by atoms with Gasteiger partial charge in [0.1, 0.15) is 5.82 Å². The van der Waals surface area contributed by atoms with E-state index in [0.29, 0.717) is 18.7 Å². The van der Waals surface area contributed by atoms with Crippen LogP contribution in [0.5, 0.6) is 0 Å². The first kappa shape index (κ1) is 14.6. The molecule has 20 heavy (non-hydrogen) atoms. The zero-order valence-electron chi connectivity index (χ0n) is 11.5. The molecule has 0 aliphatic carbocycles. The Morgan fingerprint density at radius 2 is 1.95 bits per heavy atom. The van der Waals surface area contributed by atoms with Crippen LogP contribution in [0.1, 0.15) is 12.5 Å². The van der Waals surface area contributed by atoms with E-state index in [-0.39, 0.29) is 18.3 Å². The van der Waals surface area contributed by atoms with Crippen molar-refractivity contribution >= 4 is 0 Å². The Hall–Kier alpha value is -1.78. The quantitative estimate of drug-likeness (QED) is 0.851. The summed E-state index contributed by atoms with van der Waals surface area (Å²) in [5.74, 6) is -0.0439. The second kappa shape index (κ2) is 7.12. The van der Waals surface area contributed by atoms with Gasteiger partial charge in [0.15, 0.2) is 0 Å². The van der Waals surface area contributed by atoms with Crippen LogP contribution in [0, 0.1) is 11.7 Å². The standard InChI is InChI=1S/C16H19FN2O/c1-12(11-20)9-19-10-15-3-2-14(8-16(15)17)13-4-6-18-7-5-13/h2-8,12,19-20H,9-11H2,1H3. The fraction of sp³-hybridized carbons (Fsp3) is 0.312. The largest absolute Gasteiger partial charge is 0.396 e. The maximum absolute atomic E-state index is 14.0. The molecule has 106 valence electrons. The molecule has 0 saturated carbocycles. The van der Waals surface area contributed by atoms with Gasteiger partial charge in [0, 0.05) is 37.7 Å². The van der Waals surface area contributed by atoms with Crippen molar-refractivity contribution in [1.82, 2.24) is 10.3 Å². The number of hydrogen-bond donors (Lipinski definition) is 2. The smallest absolute Gasteiger partial charge is 0.128 e. The lowest BCUT2D eigenvalue weighted by Gasteiger charge is -2.11. The van der Waals surface area contributed by atoms with Crippen molar-refractivity contribution in [3.8, 4) is 11.1 Å². The van der Waals surface area contributed by atoms with Crippen LogP contribution in [0.2, 0.25) is 0 Å². The van der Waals surface area contributed by atoms with Crippen LogP contribution in [0.3, 0.4) is 0 Å². The zero-order valence-corrected chi connectivity index (χ0v) is 11.5. The number of nitrogens with one attached hydrogen (secondary N) is 1. The Kier molecular flexibility index (Phi) is 5.21. The predicted molar refractivity (Wildman–Crippen MR) is 77.6 cm³/mol. The maximum Gasteiger partial charge on any atom is 0.128 e. The number of benzene rings is 1. The molecule has 0 saturated heterocycles. The van der Waals surface area contributed by atoms with Crippen molar-refractivity contribution in [2.75, 3.05) is 13.2 Å². The van der Waals surface area contributed by atoms with Gasteiger partial charge in [-0.2, -0.15) is 0 Å². The van der Waals surface area contributed by atoms with Gasteiger partial charge in [-0.3, -0.25) is 4.98 Å². The van der Waals surface area contributed by atoms with E-state index < -0.39 is 0 Å². The minimum absolute atomic E-state index is 0.135. The van der Waals surface area contributed by atoms with Gasteiger partial charge in [0.25, 0.3) is 0 Å². The van der Waals surface area contributed by atoms with Gasteiger partial charge in [0.2, 0.25) is 0 Å². The number of halogens is 1. The van der Waals surface area contributed by atoms with E-state index in [1.807, 2.05) is 25.1 Å². The average molecular weight is 274 g/mol. The molecule has 1 aromatic carbocycles. The maximum atomic E-state index is 14.0. The molecule has 2 rings (SSSR count). The Balaban J connectivity index is 2.03. The summed E-state index contributed by atoms with van der Waals surface area (Å²) in [7, 11) is 0. The SMILES string of the molecule is CC(CO)CNCc1ccc(-c2ccncc2)cc1F. The van der Waals surface area contributed by atoms with E-state index in [2.05, 4.69) is 10.3 Å².